The number of hydrogen-bond donors (Lipinski definition) is 1. The SMILES string of the molecule is CCCCOCC(NCC)c1ccc(OC)c(OC)c1. The third-order valence-electron chi connectivity index (χ3n) is 3.19. The summed E-state index contributed by atoms with van der Waals surface area (Å²) in [5.74, 6) is 1.50. The van der Waals surface area contributed by atoms with E-state index in [0.717, 1.165) is 43.1 Å². The highest BCUT2D eigenvalue weighted by Crippen LogP contribution is 2.30. The van der Waals surface area contributed by atoms with Crippen molar-refractivity contribution in [2.45, 2.75) is 32.7 Å². The van der Waals surface area contributed by atoms with Gasteiger partial charge in [-0.05, 0) is 30.7 Å². The van der Waals surface area contributed by atoms with Crippen molar-refractivity contribution < 1.29 is 14.2 Å². The van der Waals surface area contributed by atoms with E-state index in [1.54, 1.807) is 14.2 Å². The summed E-state index contributed by atoms with van der Waals surface area (Å²) in [5, 5.41) is 3.44. The van der Waals surface area contributed by atoms with Crippen LogP contribution in [0.25, 0.3) is 0 Å². The third-order valence-corrected chi connectivity index (χ3v) is 3.19. The zero-order valence-electron chi connectivity index (χ0n) is 13.1. The number of ether oxygens (including phenoxy) is 3. The average Bonchev–Trinajstić information content (AvgIpc) is 2.49. The zero-order chi connectivity index (χ0) is 14.8. The Kier molecular flexibility index (Phi) is 8.07. The largest absolute Gasteiger partial charge is 0.493 e. The molecule has 4 nitrogen and oxygen atoms in total. The molecule has 0 bridgehead atoms. The van der Waals surface area contributed by atoms with Crippen molar-refractivity contribution in [1.29, 1.82) is 0 Å². The van der Waals surface area contributed by atoms with Gasteiger partial charge < -0.3 is 19.5 Å². The molecule has 0 saturated carbocycles. The Bertz CT molecular complexity index is 382. The van der Waals surface area contributed by atoms with E-state index in [1.165, 1.54) is 0 Å². The Hall–Kier alpha value is -1.26. The molecule has 0 aromatic heterocycles. The second kappa shape index (κ2) is 9.61. The van der Waals surface area contributed by atoms with E-state index >= 15 is 0 Å². The van der Waals surface area contributed by atoms with Crippen LogP contribution in [0.4, 0.5) is 0 Å². The van der Waals surface area contributed by atoms with E-state index in [4.69, 9.17) is 14.2 Å². The first-order valence-corrected chi connectivity index (χ1v) is 7.29. The van der Waals surface area contributed by atoms with Crippen LogP contribution in [0.2, 0.25) is 0 Å². The maximum atomic E-state index is 5.74. The van der Waals surface area contributed by atoms with Gasteiger partial charge in [0.2, 0.25) is 0 Å². The van der Waals surface area contributed by atoms with Gasteiger partial charge in [-0.25, -0.2) is 0 Å². The lowest BCUT2D eigenvalue weighted by Crippen LogP contribution is -2.25. The van der Waals surface area contributed by atoms with Gasteiger partial charge in [0.15, 0.2) is 11.5 Å². The van der Waals surface area contributed by atoms with Gasteiger partial charge in [0, 0.05) is 6.61 Å². The Balaban J connectivity index is 2.74. The van der Waals surface area contributed by atoms with E-state index in [0.29, 0.717) is 6.61 Å². The molecular weight excluding hydrogens is 254 g/mol. The van der Waals surface area contributed by atoms with Crippen LogP contribution in [-0.4, -0.2) is 34.0 Å². The Morgan fingerprint density at radius 2 is 1.85 bits per heavy atom. The van der Waals surface area contributed by atoms with E-state index in [2.05, 4.69) is 25.2 Å². The lowest BCUT2D eigenvalue weighted by atomic mass is 10.1. The second-order valence-corrected chi connectivity index (χ2v) is 4.65. The molecule has 0 amide bonds. The van der Waals surface area contributed by atoms with E-state index in [1.807, 2.05) is 12.1 Å². The number of hydrogen-bond acceptors (Lipinski definition) is 4. The van der Waals surface area contributed by atoms with E-state index in [-0.39, 0.29) is 6.04 Å². The Labute approximate surface area is 122 Å². The van der Waals surface area contributed by atoms with Crippen molar-refractivity contribution in [2.75, 3.05) is 34.0 Å². The number of benzene rings is 1. The summed E-state index contributed by atoms with van der Waals surface area (Å²) >= 11 is 0. The molecule has 1 rings (SSSR count). The van der Waals surface area contributed by atoms with Gasteiger partial charge in [-0.1, -0.05) is 26.3 Å². The smallest absolute Gasteiger partial charge is 0.161 e. The van der Waals surface area contributed by atoms with Crippen molar-refractivity contribution in [1.82, 2.24) is 5.32 Å². The van der Waals surface area contributed by atoms with Crippen LogP contribution in [0.3, 0.4) is 0 Å². The minimum Gasteiger partial charge on any atom is -0.493 e. The van der Waals surface area contributed by atoms with Gasteiger partial charge in [-0.15, -0.1) is 0 Å². The van der Waals surface area contributed by atoms with Crippen LogP contribution in [0, 0.1) is 0 Å². The molecule has 4 heteroatoms. The quantitative estimate of drug-likeness (QED) is 0.669. The zero-order valence-corrected chi connectivity index (χ0v) is 13.1. The molecule has 0 radical (unpaired) electrons. The van der Waals surface area contributed by atoms with Crippen molar-refractivity contribution in [3.8, 4) is 11.5 Å². The van der Waals surface area contributed by atoms with Crippen molar-refractivity contribution >= 4 is 0 Å². The molecule has 1 N–H and O–H groups in total. The molecule has 0 aliphatic rings. The maximum absolute atomic E-state index is 5.74. The molecule has 0 spiro atoms. The van der Waals surface area contributed by atoms with Crippen molar-refractivity contribution in [3.05, 3.63) is 23.8 Å². The molecule has 0 fully saturated rings. The first kappa shape index (κ1) is 16.8. The fraction of sp³-hybridized carbons (Fsp3) is 0.625. The number of rotatable bonds is 10. The molecule has 0 aliphatic carbocycles. The average molecular weight is 281 g/mol. The van der Waals surface area contributed by atoms with Crippen LogP contribution in [-0.2, 0) is 4.74 Å². The lowest BCUT2D eigenvalue weighted by Gasteiger charge is -2.20. The van der Waals surface area contributed by atoms with Crippen LogP contribution in [0.5, 0.6) is 11.5 Å². The van der Waals surface area contributed by atoms with Crippen LogP contribution < -0.4 is 14.8 Å². The minimum absolute atomic E-state index is 0.177. The first-order chi connectivity index (χ1) is 9.76. The summed E-state index contributed by atoms with van der Waals surface area (Å²) in [6.07, 6.45) is 2.26. The predicted octanol–water partition coefficient (Wildman–Crippen LogP) is 3.17. The summed E-state index contributed by atoms with van der Waals surface area (Å²) in [4.78, 5) is 0. The van der Waals surface area contributed by atoms with Crippen LogP contribution in [0.15, 0.2) is 18.2 Å². The fourth-order valence-corrected chi connectivity index (χ4v) is 2.04. The summed E-state index contributed by atoms with van der Waals surface area (Å²) in [6.45, 7) is 6.64. The highest BCUT2D eigenvalue weighted by Gasteiger charge is 2.13. The topological polar surface area (TPSA) is 39.7 Å². The molecule has 114 valence electrons. The van der Waals surface area contributed by atoms with Crippen LogP contribution in [0.1, 0.15) is 38.3 Å². The lowest BCUT2D eigenvalue weighted by molar-refractivity contribution is 0.109. The van der Waals surface area contributed by atoms with Gasteiger partial charge in [0.05, 0.1) is 26.9 Å². The summed E-state index contributed by atoms with van der Waals surface area (Å²) in [5.41, 5.74) is 1.15. The monoisotopic (exact) mass is 281 g/mol. The Morgan fingerprint density at radius 3 is 2.45 bits per heavy atom. The van der Waals surface area contributed by atoms with Gasteiger partial charge in [-0.2, -0.15) is 0 Å². The maximum Gasteiger partial charge on any atom is 0.161 e. The van der Waals surface area contributed by atoms with Gasteiger partial charge in [0.1, 0.15) is 0 Å². The number of methoxy groups -OCH3 is 2. The number of nitrogens with one attached hydrogen (secondary N) is 1. The Morgan fingerprint density at radius 1 is 1.10 bits per heavy atom. The van der Waals surface area contributed by atoms with Crippen molar-refractivity contribution in [3.63, 3.8) is 0 Å². The van der Waals surface area contributed by atoms with Gasteiger partial charge in [0.25, 0.3) is 0 Å². The molecule has 1 atom stereocenters. The molecule has 0 aliphatic heterocycles. The number of unbranched alkanes of at least 4 members (excludes halogenated alkanes) is 1. The summed E-state index contributed by atoms with van der Waals surface area (Å²) in [6, 6.07) is 6.18. The fourth-order valence-electron chi connectivity index (χ4n) is 2.04. The summed E-state index contributed by atoms with van der Waals surface area (Å²) in [7, 11) is 3.30. The molecular formula is C16H27NO3. The second-order valence-electron chi connectivity index (χ2n) is 4.65. The van der Waals surface area contributed by atoms with Crippen LogP contribution >= 0.6 is 0 Å². The molecule has 0 saturated heterocycles. The molecule has 20 heavy (non-hydrogen) atoms. The number of likely N-dealkylation sites (N-methyl/N-ethyl adjacent to an activating group) is 1. The highest BCUT2D eigenvalue weighted by molar-refractivity contribution is 5.43. The molecule has 0 heterocycles. The minimum atomic E-state index is 0.177. The normalized spacial score (nSPS) is 12.2. The molecule has 1 aromatic carbocycles. The standard InChI is InChI=1S/C16H27NO3/c1-5-7-10-20-12-14(17-6-2)13-8-9-15(18-3)16(11-13)19-4/h8-9,11,14,17H,5-7,10,12H2,1-4H3. The van der Waals surface area contributed by atoms with E-state index < -0.39 is 0 Å². The molecule has 1 aromatic rings. The van der Waals surface area contributed by atoms with Gasteiger partial charge >= 0.3 is 0 Å². The first-order valence-electron chi connectivity index (χ1n) is 7.29. The predicted molar refractivity (Wildman–Crippen MR) is 81.7 cm³/mol. The highest BCUT2D eigenvalue weighted by atomic mass is 16.5. The van der Waals surface area contributed by atoms with Gasteiger partial charge in [-0.3, -0.25) is 0 Å². The molecule has 1 unspecified atom stereocenters. The van der Waals surface area contributed by atoms with E-state index in [9.17, 15) is 0 Å². The van der Waals surface area contributed by atoms with Crippen molar-refractivity contribution in [2.24, 2.45) is 0 Å². The third kappa shape index (κ3) is 5.02. The summed E-state index contributed by atoms with van der Waals surface area (Å²) < 4.78 is 16.4.